The summed E-state index contributed by atoms with van der Waals surface area (Å²) in [5, 5.41) is 17.3. The van der Waals surface area contributed by atoms with Crippen LogP contribution in [0.5, 0.6) is 0 Å². The van der Waals surface area contributed by atoms with Crippen LogP contribution in [-0.4, -0.2) is 55.0 Å². The monoisotopic (exact) mass is 560 g/mol. The highest BCUT2D eigenvalue weighted by Gasteiger charge is 2.34. The van der Waals surface area contributed by atoms with E-state index in [0.29, 0.717) is 34.2 Å². The lowest BCUT2D eigenvalue weighted by Gasteiger charge is -2.36. The van der Waals surface area contributed by atoms with E-state index >= 15 is 0 Å². The van der Waals surface area contributed by atoms with Crippen molar-refractivity contribution in [3.8, 4) is 11.1 Å². The molecule has 1 unspecified atom stereocenters. The highest BCUT2D eigenvalue weighted by molar-refractivity contribution is 6.33. The molecule has 0 radical (unpaired) electrons. The van der Waals surface area contributed by atoms with Gasteiger partial charge in [0.05, 0.1) is 30.5 Å². The molecule has 0 spiro atoms. The number of anilines is 2. The number of hydrogen-bond donors (Lipinski definition) is 2. The molecule has 4 aromatic rings. The number of amides is 1. The van der Waals surface area contributed by atoms with Crippen molar-refractivity contribution in [3.05, 3.63) is 82.2 Å². The highest BCUT2D eigenvalue weighted by Crippen LogP contribution is 2.34. The lowest BCUT2D eigenvalue weighted by atomic mass is 10.0. The smallest absolute Gasteiger partial charge is 0.271 e. The summed E-state index contributed by atoms with van der Waals surface area (Å²) in [5.41, 5.74) is 1.17. The predicted molar refractivity (Wildman–Crippen MR) is 137 cm³/mol. The van der Waals surface area contributed by atoms with Crippen LogP contribution in [0.3, 0.4) is 0 Å². The third-order valence-electron chi connectivity index (χ3n) is 6.68. The Morgan fingerprint density at radius 3 is 2.72 bits per heavy atom. The second kappa shape index (κ2) is 10.7. The van der Waals surface area contributed by atoms with Crippen molar-refractivity contribution in [1.29, 1.82) is 0 Å². The van der Waals surface area contributed by atoms with Gasteiger partial charge < -0.3 is 24.6 Å². The van der Waals surface area contributed by atoms with Crippen molar-refractivity contribution in [1.82, 2.24) is 24.2 Å². The summed E-state index contributed by atoms with van der Waals surface area (Å²) >= 11 is 6.48. The van der Waals surface area contributed by atoms with Crippen molar-refractivity contribution in [3.63, 3.8) is 0 Å². The summed E-state index contributed by atoms with van der Waals surface area (Å²) in [7, 11) is 3.26. The second-order valence-corrected chi connectivity index (χ2v) is 9.51. The first-order valence-corrected chi connectivity index (χ1v) is 12.3. The Kier molecular flexibility index (Phi) is 7.34. The maximum Gasteiger partial charge on any atom is 0.271 e. The lowest BCUT2D eigenvalue weighted by molar-refractivity contribution is 0.0385. The number of halogens is 4. The maximum atomic E-state index is 14.3. The molecule has 1 amide bonds. The van der Waals surface area contributed by atoms with Crippen LogP contribution in [0.15, 0.2) is 42.9 Å². The molecule has 1 aliphatic heterocycles. The van der Waals surface area contributed by atoms with Crippen LogP contribution in [0, 0.1) is 17.5 Å². The van der Waals surface area contributed by atoms with Gasteiger partial charge in [-0.25, -0.2) is 18.2 Å². The number of rotatable bonds is 8. The number of pyridine rings is 1. The standard InChI is InChI=1S/C26H24ClF3N6O3/c1-34-23(3-4-32-34)33-22-7-17(19(27)8-31-22)15-6-21-26(38)36(16(13-39-2)11-35(21)9-15)10-14-5-20(28)25(30)24(29)18(14)12-37/h3-9,16,37H,10-13H2,1-2H3,(H,31,33). The topological polar surface area (TPSA) is 97.4 Å². The summed E-state index contributed by atoms with van der Waals surface area (Å²) in [6.07, 6.45) is 4.94. The average Bonchev–Trinajstić information content (AvgIpc) is 3.52. The van der Waals surface area contributed by atoms with Crippen LogP contribution < -0.4 is 5.32 Å². The number of aliphatic hydroxyl groups is 1. The molecule has 0 bridgehead atoms. The van der Waals surface area contributed by atoms with E-state index in [1.165, 1.54) is 18.2 Å². The number of carbonyl (C=O) groups is 1. The molecule has 1 aliphatic rings. The third-order valence-corrected chi connectivity index (χ3v) is 6.98. The van der Waals surface area contributed by atoms with Crippen LogP contribution >= 0.6 is 11.6 Å². The number of aryl methyl sites for hydroxylation is 1. The Bertz CT molecular complexity index is 1560. The van der Waals surface area contributed by atoms with E-state index in [9.17, 15) is 23.1 Å². The van der Waals surface area contributed by atoms with Crippen LogP contribution in [0.25, 0.3) is 11.1 Å². The van der Waals surface area contributed by atoms with Crippen LogP contribution in [0.2, 0.25) is 5.02 Å². The van der Waals surface area contributed by atoms with Gasteiger partial charge in [0.15, 0.2) is 17.5 Å². The van der Waals surface area contributed by atoms with E-state index in [1.54, 1.807) is 46.9 Å². The van der Waals surface area contributed by atoms with Gasteiger partial charge >= 0.3 is 0 Å². The average molecular weight is 561 g/mol. The van der Waals surface area contributed by atoms with Crippen LogP contribution in [0.4, 0.5) is 24.8 Å². The van der Waals surface area contributed by atoms with E-state index in [0.717, 1.165) is 11.9 Å². The Balaban J connectivity index is 1.49. The fourth-order valence-corrected chi connectivity index (χ4v) is 4.91. The summed E-state index contributed by atoms with van der Waals surface area (Å²) < 4.78 is 50.9. The van der Waals surface area contributed by atoms with Crippen molar-refractivity contribution >= 4 is 29.1 Å². The van der Waals surface area contributed by atoms with Crippen LogP contribution in [-0.2, 0) is 31.5 Å². The predicted octanol–water partition coefficient (Wildman–Crippen LogP) is 4.26. The number of nitrogens with one attached hydrogen (secondary N) is 1. The Hall–Kier alpha value is -3.87. The number of carbonyl (C=O) groups excluding carboxylic acids is 1. The van der Waals surface area contributed by atoms with Gasteiger partial charge in [-0.05, 0) is 23.8 Å². The summed E-state index contributed by atoms with van der Waals surface area (Å²) in [6, 6.07) is 5.51. The van der Waals surface area contributed by atoms with Gasteiger partial charge in [-0.1, -0.05) is 11.6 Å². The molecule has 13 heteroatoms. The molecule has 2 N–H and O–H groups in total. The molecule has 39 heavy (non-hydrogen) atoms. The molecule has 204 valence electrons. The first-order chi connectivity index (χ1) is 18.7. The number of fused-ring (bicyclic) bond motifs is 1. The van der Waals surface area contributed by atoms with Crippen molar-refractivity contribution in [2.24, 2.45) is 7.05 Å². The number of methoxy groups -OCH3 is 1. The Labute approximate surface area is 226 Å². The first-order valence-electron chi connectivity index (χ1n) is 11.9. The number of ether oxygens (including phenoxy) is 1. The zero-order chi connectivity index (χ0) is 27.8. The highest BCUT2D eigenvalue weighted by atomic mass is 35.5. The molecule has 0 saturated carbocycles. The van der Waals surface area contributed by atoms with E-state index in [-0.39, 0.29) is 18.7 Å². The lowest BCUT2D eigenvalue weighted by Crippen LogP contribution is -2.49. The number of aliphatic hydroxyl groups excluding tert-OH is 1. The fraction of sp³-hybridized carbons (Fsp3) is 0.269. The summed E-state index contributed by atoms with van der Waals surface area (Å²) in [5.74, 6) is -3.75. The molecule has 1 aromatic carbocycles. The largest absolute Gasteiger partial charge is 0.392 e. The molecular formula is C26H24ClF3N6O3. The fourth-order valence-electron chi connectivity index (χ4n) is 4.70. The van der Waals surface area contributed by atoms with Crippen LogP contribution in [0.1, 0.15) is 21.6 Å². The zero-order valence-electron chi connectivity index (χ0n) is 21.0. The van der Waals surface area contributed by atoms with Gasteiger partial charge in [0, 0.05) is 62.4 Å². The SMILES string of the molecule is COCC1Cn2cc(-c3cc(Nc4ccnn4C)ncc3Cl)cc2C(=O)N1Cc1cc(F)c(F)c(F)c1CO. The molecular weight excluding hydrogens is 537 g/mol. The first kappa shape index (κ1) is 26.7. The number of nitrogens with zero attached hydrogens (tertiary/aromatic N) is 5. The zero-order valence-corrected chi connectivity index (χ0v) is 21.7. The molecule has 9 nitrogen and oxygen atoms in total. The van der Waals surface area contributed by atoms with E-state index < -0.39 is 41.6 Å². The minimum absolute atomic E-state index is 0.0355. The van der Waals surface area contributed by atoms with Gasteiger partial charge in [-0.3, -0.25) is 9.48 Å². The minimum Gasteiger partial charge on any atom is -0.392 e. The van der Waals surface area contributed by atoms with Gasteiger partial charge in [0.1, 0.15) is 17.3 Å². The molecule has 1 atom stereocenters. The molecule has 0 saturated heterocycles. The molecule has 5 rings (SSSR count). The van der Waals surface area contributed by atoms with Crippen molar-refractivity contribution in [2.45, 2.75) is 25.7 Å². The van der Waals surface area contributed by atoms with Gasteiger partial charge in [-0.15, -0.1) is 0 Å². The van der Waals surface area contributed by atoms with E-state index in [2.05, 4.69) is 15.4 Å². The second-order valence-electron chi connectivity index (χ2n) is 9.11. The summed E-state index contributed by atoms with van der Waals surface area (Å²) in [4.78, 5) is 19.4. The molecule has 0 fully saturated rings. The quantitative estimate of drug-likeness (QED) is 0.313. The van der Waals surface area contributed by atoms with Gasteiger partial charge in [0.25, 0.3) is 5.91 Å². The Morgan fingerprint density at radius 1 is 1.23 bits per heavy atom. The molecule has 3 aromatic heterocycles. The van der Waals surface area contributed by atoms with E-state index in [4.69, 9.17) is 16.3 Å². The number of benzene rings is 1. The number of aromatic nitrogens is 4. The molecule has 0 aliphatic carbocycles. The van der Waals surface area contributed by atoms with Gasteiger partial charge in [0.2, 0.25) is 0 Å². The normalized spacial score (nSPS) is 15.1. The third kappa shape index (κ3) is 4.98. The van der Waals surface area contributed by atoms with Crippen molar-refractivity contribution in [2.75, 3.05) is 19.0 Å². The van der Waals surface area contributed by atoms with Gasteiger partial charge in [-0.2, -0.15) is 5.10 Å². The molecule has 4 heterocycles. The summed E-state index contributed by atoms with van der Waals surface area (Å²) in [6.45, 7) is -0.662. The maximum absolute atomic E-state index is 14.3. The Morgan fingerprint density at radius 2 is 2.03 bits per heavy atom. The number of hydrogen-bond acceptors (Lipinski definition) is 6. The minimum atomic E-state index is -1.67. The van der Waals surface area contributed by atoms with E-state index in [1.807, 2.05) is 0 Å². The van der Waals surface area contributed by atoms with Crippen molar-refractivity contribution < 1.29 is 27.8 Å².